The van der Waals surface area contributed by atoms with Crippen LogP contribution in [0.4, 0.5) is 10.5 Å². The topological polar surface area (TPSA) is 113 Å². The Hall–Kier alpha value is -2.57. The van der Waals surface area contributed by atoms with Crippen LogP contribution in [0.3, 0.4) is 0 Å². The van der Waals surface area contributed by atoms with E-state index in [1.807, 2.05) is 22.6 Å². The summed E-state index contributed by atoms with van der Waals surface area (Å²) in [4.78, 5) is 49.9. The molecule has 1 heterocycles. The molecule has 0 radical (unpaired) electrons. The third-order valence-corrected chi connectivity index (χ3v) is 6.20. The maximum Gasteiger partial charge on any atom is 0.339 e. The van der Waals surface area contributed by atoms with Crippen molar-refractivity contribution in [3.63, 3.8) is 0 Å². The molecule has 0 aromatic heterocycles. The monoisotopic (exact) mass is 572 g/mol. The van der Waals surface area contributed by atoms with Crippen molar-refractivity contribution in [3.05, 3.63) is 61.0 Å². The van der Waals surface area contributed by atoms with Gasteiger partial charge in [-0.25, -0.2) is 4.79 Å². The molecule has 2 N–H and O–H groups in total. The molecule has 0 aliphatic carbocycles. The highest BCUT2D eigenvalue weighted by Gasteiger charge is 2.36. The number of anilines is 1. The van der Waals surface area contributed by atoms with E-state index in [0.29, 0.717) is 9.13 Å². The highest BCUT2D eigenvalue weighted by Crippen LogP contribution is 2.33. The first-order valence-electron chi connectivity index (χ1n) is 8.61. The molecule has 0 spiro atoms. The molecule has 0 bridgehead atoms. The first kappa shape index (κ1) is 23.1. The molecular weight excluding hydrogens is 559 g/mol. The number of halogens is 2. The van der Waals surface area contributed by atoms with E-state index in [0.717, 1.165) is 16.7 Å². The van der Waals surface area contributed by atoms with Gasteiger partial charge in [0.1, 0.15) is 12.3 Å². The lowest BCUT2D eigenvalue weighted by Crippen LogP contribution is -2.36. The molecule has 0 unspecified atom stereocenters. The smallest absolute Gasteiger partial charge is 0.339 e. The summed E-state index contributed by atoms with van der Waals surface area (Å²) in [6.07, 6.45) is 1.52. The van der Waals surface area contributed by atoms with Crippen LogP contribution < -0.4 is 5.32 Å². The van der Waals surface area contributed by atoms with Crippen molar-refractivity contribution in [2.75, 3.05) is 19.0 Å². The number of imide groups is 1. The number of aromatic hydroxyl groups is 1. The number of nitrogens with one attached hydrogen (secondary N) is 1. The maximum atomic E-state index is 12.6. The van der Waals surface area contributed by atoms with Gasteiger partial charge in [0.25, 0.3) is 11.1 Å². The van der Waals surface area contributed by atoms with E-state index >= 15 is 0 Å². The number of phenolic OH excluding ortho intramolecular Hbond substituents is 1. The van der Waals surface area contributed by atoms with Crippen molar-refractivity contribution < 1.29 is 29.0 Å². The predicted molar refractivity (Wildman–Crippen MR) is 125 cm³/mol. The molecule has 1 saturated heterocycles. The first-order valence-corrected chi connectivity index (χ1v) is 10.9. The van der Waals surface area contributed by atoms with Crippen LogP contribution in [0.2, 0.25) is 5.02 Å². The van der Waals surface area contributed by atoms with Crippen molar-refractivity contribution >= 4 is 80.7 Å². The number of carbonyl (C=O) groups excluding carboxylic acids is 4. The van der Waals surface area contributed by atoms with Gasteiger partial charge in [0.05, 0.1) is 26.2 Å². The lowest BCUT2D eigenvalue weighted by molar-refractivity contribution is -0.127. The highest BCUT2D eigenvalue weighted by atomic mass is 127. The normalized spacial score (nSPS) is 14.8. The fourth-order valence-electron chi connectivity index (χ4n) is 2.61. The van der Waals surface area contributed by atoms with Crippen LogP contribution in [-0.4, -0.2) is 46.7 Å². The van der Waals surface area contributed by atoms with E-state index < -0.39 is 29.6 Å². The van der Waals surface area contributed by atoms with E-state index in [1.165, 1.54) is 37.5 Å². The number of ether oxygens (including phenoxy) is 1. The van der Waals surface area contributed by atoms with Gasteiger partial charge in [-0.05, 0) is 76.3 Å². The summed E-state index contributed by atoms with van der Waals surface area (Å²) >= 11 is 8.62. The largest absolute Gasteiger partial charge is 0.507 e. The van der Waals surface area contributed by atoms with Crippen LogP contribution in [0.5, 0.6) is 5.75 Å². The number of rotatable bonds is 5. The predicted octanol–water partition coefficient (Wildman–Crippen LogP) is 4.11. The summed E-state index contributed by atoms with van der Waals surface area (Å²) in [5.74, 6) is -1.78. The van der Waals surface area contributed by atoms with Crippen molar-refractivity contribution in [3.8, 4) is 5.75 Å². The Labute approximate surface area is 199 Å². The molecule has 160 valence electrons. The lowest BCUT2D eigenvalue weighted by atomic mass is 10.2. The standard InChI is InChI=1S/C20H14ClIN2O6S/c1-30-19(28)12-8-11(3-4-13(12)21)23-17(26)9-24-18(27)16(31-20(24)29)7-10-2-5-15(25)14(22)6-10/h2-8,25H,9H2,1H3,(H,23,26)/b16-7-. The number of phenols is 1. The van der Waals surface area contributed by atoms with Crippen LogP contribution in [0.15, 0.2) is 41.3 Å². The van der Waals surface area contributed by atoms with Gasteiger partial charge in [0, 0.05) is 5.69 Å². The second kappa shape index (κ2) is 9.71. The minimum atomic E-state index is -0.666. The summed E-state index contributed by atoms with van der Waals surface area (Å²) in [5.41, 5.74) is 0.962. The summed E-state index contributed by atoms with van der Waals surface area (Å²) in [5, 5.41) is 11.7. The Kier molecular flexibility index (Phi) is 7.23. The van der Waals surface area contributed by atoms with Gasteiger partial charge in [-0.2, -0.15) is 0 Å². The second-order valence-electron chi connectivity index (χ2n) is 6.21. The SMILES string of the molecule is COC(=O)c1cc(NC(=O)CN2C(=O)S/C(=C\c3ccc(O)c(I)c3)C2=O)ccc1Cl. The Balaban J connectivity index is 1.71. The van der Waals surface area contributed by atoms with Gasteiger partial charge in [-0.1, -0.05) is 17.7 Å². The number of thioether (sulfide) groups is 1. The number of nitrogens with zero attached hydrogens (tertiary/aromatic N) is 1. The van der Waals surface area contributed by atoms with Gasteiger partial charge in [-0.15, -0.1) is 0 Å². The van der Waals surface area contributed by atoms with E-state index in [4.69, 9.17) is 11.6 Å². The molecule has 0 atom stereocenters. The van der Waals surface area contributed by atoms with Crippen LogP contribution >= 0.6 is 46.0 Å². The van der Waals surface area contributed by atoms with Crippen LogP contribution in [0, 0.1) is 3.57 Å². The van der Waals surface area contributed by atoms with Gasteiger partial charge in [0.2, 0.25) is 5.91 Å². The van der Waals surface area contributed by atoms with Crippen molar-refractivity contribution in [1.82, 2.24) is 4.90 Å². The Morgan fingerprint density at radius 1 is 1.26 bits per heavy atom. The van der Waals surface area contributed by atoms with E-state index in [9.17, 15) is 24.3 Å². The summed E-state index contributed by atoms with van der Waals surface area (Å²) in [6, 6.07) is 9.00. The molecule has 31 heavy (non-hydrogen) atoms. The van der Waals surface area contributed by atoms with Crippen molar-refractivity contribution in [2.45, 2.75) is 0 Å². The van der Waals surface area contributed by atoms with Crippen LogP contribution in [-0.2, 0) is 14.3 Å². The Morgan fingerprint density at radius 3 is 2.68 bits per heavy atom. The number of hydrogen-bond donors (Lipinski definition) is 2. The first-order chi connectivity index (χ1) is 14.7. The molecule has 1 aliphatic heterocycles. The summed E-state index contributed by atoms with van der Waals surface area (Å²) in [7, 11) is 1.20. The Bertz CT molecular complexity index is 1140. The molecule has 11 heteroatoms. The molecule has 1 aliphatic rings. The third kappa shape index (κ3) is 5.38. The van der Waals surface area contributed by atoms with E-state index in [1.54, 1.807) is 12.1 Å². The van der Waals surface area contributed by atoms with Gasteiger partial charge < -0.3 is 15.2 Å². The average molecular weight is 573 g/mol. The maximum absolute atomic E-state index is 12.6. The molecule has 3 amide bonds. The zero-order valence-electron chi connectivity index (χ0n) is 15.8. The van der Waals surface area contributed by atoms with E-state index in [2.05, 4.69) is 10.1 Å². The van der Waals surface area contributed by atoms with Crippen LogP contribution in [0.1, 0.15) is 15.9 Å². The number of carbonyl (C=O) groups is 4. The zero-order chi connectivity index (χ0) is 22.7. The van der Waals surface area contributed by atoms with E-state index in [-0.39, 0.29) is 26.9 Å². The summed E-state index contributed by atoms with van der Waals surface area (Å²) in [6.45, 7) is -0.495. The minimum Gasteiger partial charge on any atom is -0.507 e. The third-order valence-electron chi connectivity index (χ3n) is 4.10. The number of hydrogen-bond acceptors (Lipinski definition) is 7. The van der Waals surface area contributed by atoms with Crippen molar-refractivity contribution in [1.29, 1.82) is 0 Å². The minimum absolute atomic E-state index is 0.0691. The van der Waals surface area contributed by atoms with Gasteiger partial charge in [0.15, 0.2) is 0 Å². The second-order valence-corrected chi connectivity index (χ2v) is 8.78. The average Bonchev–Trinajstić information content (AvgIpc) is 2.99. The number of amides is 3. The molecule has 3 rings (SSSR count). The molecule has 2 aromatic carbocycles. The lowest BCUT2D eigenvalue weighted by Gasteiger charge is -2.13. The number of esters is 1. The summed E-state index contributed by atoms with van der Waals surface area (Å²) < 4.78 is 5.23. The van der Waals surface area contributed by atoms with Crippen molar-refractivity contribution in [2.24, 2.45) is 0 Å². The van der Waals surface area contributed by atoms with Gasteiger partial charge in [-0.3, -0.25) is 19.3 Å². The fraction of sp³-hybridized carbons (Fsp3) is 0.100. The quantitative estimate of drug-likeness (QED) is 0.315. The van der Waals surface area contributed by atoms with Gasteiger partial charge >= 0.3 is 5.97 Å². The highest BCUT2D eigenvalue weighted by molar-refractivity contribution is 14.1. The molecular formula is C20H14ClIN2O6S. The van der Waals surface area contributed by atoms with Crippen LogP contribution in [0.25, 0.3) is 6.08 Å². The number of methoxy groups -OCH3 is 1. The zero-order valence-corrected chi connectivity index (χ0v) is 19.6. The molecule has 2 aromatic rings. The number of benzene rings is 2. The Morgan fingerprint density at radius 2 is 2.00 bits per heavy atom. The molecule has 0 saturated carbocycles. The molecule has 8 nitrogen and oxygen atoms in total. The fourth-order valence-corrected chi connectivity index (χ4v) is 4.19. The molecule has 1 fully saturated rings.